The summed E-state index contributed by atoms with van der Waals surface area (Å²) < 4.78 is 27.1. The Balaban J connectivity index is 1.76. The largest absolute Gasteiger partial charge is 0.368 e. The number of nitrogens with zero attached hydrogens (tertiary/aromatic N) is 2. The third kappa shape index (κ3) is 2.78. The zero-order valence-electron chi connectivity index (χ0n) is 12.8. The van der Waals surface area contributed by atoms with Gasteiger partial charge in [0.2, 0.25) is 0 Å². The molecule has 0 radical (unpaired) electrons. The van der Waals surface area contributed by atoms with Crippen molar-refractivity contribution in [3.05, 3.63) is 46.8 Å². The minimum atomic E-state index is -3.32. The van der Waals surface area contributed by atoms with Crippen molar-refractivity contribution in [1.82, 2.24) is 4.31 Å². The lowest BCUT2D eigenvalue weighted by Crippen LogP contribution is -2.48. The lowest BCUT2D eigenvalue weighted by Gasteiger charge is -2.36. The predicted molar refractivity (Wildman–Crippen MR) is 91.2 cm³/mol. The summed E-state index contributed by atoms with van der Waals surface area (Å²) in [7, 11) is -3.32. The van der Waals surface area contributed by atoms with Crippen molar-refractivity contribution in [3.63, 3.8) is 0 Å². The molecule has 0 atom stereocenters. The van der Waals surface area contributed by atoms with Crippen LogP contribution in [0.15, 0.2) is 39.9 Å². The van der Waals surface area contributed by atoms with Crippen LogP contribution >= 0.6 is 11.3 Å². The molecule has 118 valence electrons. The van der Waals surface area contributed by atoms with Crippen LogP contribution < -0.4 is 4.90 Å². The topological polar surface area (TPSA) is 40.6 Å². The van der Waals surface area contributed by atoms with Crippen LogP contribution in [0.4, 0.5) is 5.69 Å². The Morgan fingerprint density at radius 3 is 2.14 bits per heavy atom. The molecule has 1 fully saturated rings. The van der Waals surface area contributed by atoms with Gasteiger partial charge in [-0.3, -0.25) is 0 Å². The second-order valence-electron chi connectivity index (χ2n) is 5.56. The highest BCUT2D eigenvalue weighted by Crippen LogP contribution is 2.27. The summed E-state index contributed by atoms with van der Waals surface area (Å²) in [6, 6.07) is 9.74. The van der Waals surface area contributed by atoms with Crippen molar-refractivity contribution in [3.8, 4) is 0 Å². The van der Waals surface area contributed by atoms with Crippen LogP contribution in [0.2, 0.25) is 0 Å². The molecule has 1 saturated heterocycles. The number of hydrogen-bond donors (Lipinski definition) is 0. The average molecular weight is 336 g/mol. The van der Waals surface area contributed by atoms with Crippen LogP contribution in [0.5, 0.6) is 0 Å². The van der Waals surface area contributed by atoms with Crippen molar-refractivity contribution >= 4 is 27.0 Å². The van der Waals surface area contributed by atoms with Crippen LogP contribution in [0.25, 0.3) is 0 Å². The molecule has 0 unspecified atom stereocenters. The number of rotatable bonds is 3. The summed E-state index contributed by atoms with van der Waals surface area (Å²) in [5.74, 6) is 0. The molecule has 1 aromatic carbocycles. The summed E-state index contributed by atoms with van der Waals surface area (Å²) in [4.78, 5) is 2.30. The first-order valence-electron chi connectivity index (χ1n) is 7.35. The SMILES string of the molecule is Cc1cccc(C)c1N1CCN(S(=O)(=O)c2cccs2)CC1. The smallest absolute Gasteiger partial charge is 0.252 e. The third-order valence-corrected chi connectivity index (χ3v) is 7.36. The van der Waals surface area contributed by atoms with Crippen LogP contribution in [-0.4, -0.2) is 38.9 Å². The van der Waals surface area contributed by atoms with Crippen LogP contribution in [0, 0.1) is 13.8 Å². The van der Waals surface area contributed by atoms with Crippen LogP contribution in [-0.2, 0) is 10.0 Å². The van der Waals surface area contributed by atoms with Gasteiger partial charge in [0, 0.05) is 31.9 Å². The summed E-state index contributed by atoms with van der Waals surface area (Å²) >= 11 is 1.28. The molecule has 0 bridgehead atoms. The Bertz CT molecular complexity index is 726. The number of para-hydroxylation sites is 1. The number of aryl methyl sites for hydroxylation is 2. The fraction of sp³-hybridized carbons (Fsp3) is 0.375. The van der Waals surface area contributed by atoms with Gasteiger partial charge in [-0.25, -0.2) is 8.42 Å². The Morgan fingerprint density at radius 1 is 0.955 bits per heavy atom. The van der Waals surface area contributed by atoms with Crippen LogP contribution in [0.1, 0.15) is 11.1 Å². The number of sulfonamides is 1. The van der Waals surface area contributed by atoms with Crippen molar-refractivity contribution in [2.45, 2.75) is 18.1 Å². The maximum atomic E-state index is 12.5. The highest BCUT2D eigenvalue weighted by molar-refractivity contribution is 7.91. The van der Waals surface area contributed by atoms with E-state index in [2.05, 4.69) is 36.9 Å². The van der Waals surface area contributed by atoms with Gasteiger partial charge in [0.25, 0.3) is 10.0 Å². The maximum Gasteiger partial charge on any atom is 0.252 e. The first-order chi connectivity index (χ1) is 10.5. The van der Waals surface area contributed by atoms with Crippen molar-refractivity contribution in [2.75, 3.05) is 31.1 Å². The number of anilines is 1. The van der Waals surface area contributed by atoms with Gasteiger partial charge in [0.1, 0.15) is 4.21 Å². The number of hydrogen-bond acceptors (Lipinski definition) is 4. The van der Waals surface area contributed by atoms with E-state index in [1.54, 1.807) is 21.8 Å². The molecule has 0 saturated carbocycles. The first kappa shape index (κ1) is 15.5. The Hall–Kier alpha value is -1.37. The molecule has 2 heterocycles. The van der Waals surface area contributed by atoms with Gasteiger partial charge in [-0.15, -0.1) is 11.3 Å². The Kier molecular flexibility index (Phi) is 4.25. The van der Waals surface area contributed by atoms with E-state index in [9.17, 15) is 8.42 Å². The highest BCUT2D eigenvalue weighted by Gasteiger charge is 2.29. The van der Waals surface area contributed by atoms with E-state index in [4.69, 9.17) is 0 Å². The molecule has 3 rings (SSSR count). The predicted octanol–water partition coefficient (Wildman–Crippen LogP) is 2.88. The number of benzene rings is 1. The minimum Gasteiger partial charge on any atom is -0.368 e. The summed E-state index contributed by atoms with van der Waals surface area (Å²) in [5.41, 5.74) is 3.74. The Morgan fingerprint density at radius 2 is 1.59 bits per heavy atom. The van der Waals surface area contributed by atoms with E-state index in [-0.39, 0.29) is 0 Å². The van der Waals surface area contributed by atoms with Gasteiger partial charge >= 0.3 is 0 Å². The van der Waals surface area contributed by atoms with E-state index in [0.717, 1.165) is 13.1 Å². The van der Waals surface area contributed by atoms with Gasteiger partial charge < -0.3 is 4.90 Å². The molecule has 1 aromatic heterocycles. The normalized spacial score (nSPS) is 16.9. The molecule has 6 heteroatoms. The van der Waals surface area contributed by atoms with E-state index >= 15 is 0 Å². The lowest BCUT2D eigenvalue weighted by atomic mass is 10.1. The van der Waals surface area contributed by atoms with Gasteiger partial charge in [-0.2, -0.15) is 4.31 Å². The quantitative estimate of drug-likeness (QED) is 0.865. The third-order valence-electron chi connectivity index (χ3n) is 4.08. The van der Waals surface area contributed by atoms with Gasteiger partial charge in [0.15, 0.2) is 0 Å². The summed E-state index contributed by atoms with van der Waals surface area (Å²) in [6.45, 7) is 6.75. The lowest BCUT2D eigenvalue weighted by molar-refractivity contribution is 0.385. The number of thiophene rings is 1. The van der Waals surface area contributed by atoms with Gasteiger partial charge in [-0.1, -0.05) is 24.3 Å². The van der Waals surface area contributed by atoms with Crippen molar-refractivity contribution < 1.29 is 8.42 Å². The van der Waals surface area contributed by atoms with Crippen LogP contribution in [0.3, 0.4) is 0 Å². The van der Waals surface area contributed by atoms with Gasteiger partial charge in [-0.05, 0) is 36.4 Å². The monoisotopic (exact) mass is 336 g/mol. The average Bonchev–Trinajstić information content (AvgIpc) is 3.02. The molecule has 4 nitrogen and oxygen atoms in total. The molecule has 22 heavy (non-hydrogen) atoms. The van der Waals surface area contributed by atoms with E-state index < -0.39 is 10.0 Å². The molecule has 1 aliphatic rings. The fourth-order valence-electron chi connectivity index (χ4n) is 2.99. The van der Waals surface area contributed by atoms with E-state index in [1.807, 2.05) is 0 Å². The van der Waals surface area contributed by atoms with Crippen molar-refractivity contribution in [1.29, 1.82) is 0 Å². The highest BCUT2D eigenvalue weighted by atomic mass is 32.2. The number of piperazine rings is 1. The van der Waals surface area contributed by atoms with E-state index in [1.165, 1.54) is 28.2 Å². The second kappa shape index (κ2) is 6.02. The molecule has 0 spiro atoms. The molecule has 0 aliphatic carbocycles. The molecule has 0 amide bonds. The van der Waals surface area contributed by atoms with Gasteiger partial charge in [0.05, 0.1) is 0 Å². The molecule has 2 aromatic rings. The molecule has 1 aliphatic heterocycles. The molecular weight excluding hydrogens is 316 g/mol. The van der Waals surface area contributed by atoms with E-state index in [0.29, 0.717) is 17.3 Å². The zero-order valence-corrected chi connectivity index (χ0v) is 14.5. The maximum absolute atomic E-state index is 12.5. The second-order valence-corrected chi connectivity index (χ2v) is 8.68. The summed E-state index contributed by atoms with van der Waals surface area (Å²) in [5, 5.41) is 1.81. The molecular formula is C16H20N2O2S2. The fourth-order valence-corrected chi connectivity index (χ4v) is 5.56. The minimum absolute atomic E-state index is 0.438. The zero-order chi connectivity index (χ0) is 15.7. The van der Waals surface area contributed by atoms with Crippen molar-refractivity contribution in [2.24, 2.45) is 0 Å². The Labute approximate surface area is 136 Å². The standard InChI is InChI=1S/C16H20N2O2S2/c1-13-5-3-6-14(2)16(13)17-8-10-18(11-9-17)22(19,20)15-7-4-12-21-15/h3-7,12H,8-11H2,1-2H3. The first-order valence-corrected chi connectivity index (χ1v) is 9.67. The molecule has 0 N–H and O–H groups in total. The summed E-state index contributed by atoms with van der Waals surface area (Å²) in [6.07, 6.45) is 0.